The summed E-state index contributed by atoms with van der Waals surface area (Å²) in [5.74, 6) is 1.59. The molecule has 0 spiro atoms. The molecule has 2 bridgehead atoms. The monoisotopic (exact) mass is 216 g/mol. The third-order valence-electron chi connectivity index (χ3n) is 4.84. The van der Waals surface area contributed by atoms with E-state index in [4.69, 9.17) is 0 Å². The molecular weight excluding hydrogens is 196 g/mol. The first-order valence-electron chi connectivity index (χ1n) is 6.31. The van der Waals surface area contributed by atoms with Gasteiger partial charge in [0.1, 0.15) is 0 Å². The minimum Gasteiger partial charge on any atom is -0.306 e. The van der Waals surface area contributed by atoms with Crippen molar-refractivity contribution in [3.63, 3.8) is 0 Å². The maximum atomic E-state index is 4.62. The zero-order valence-electron chi connectivity index (χ0n) is 10.2. The lowest BCUT2D eigenvalue weighted by atomic mass is 9.68. The van der Waals surface area contributed by atoms with E-state index in [1.807, 2.05) is 12.3 Å². The van der Waals surface area contributed by atoms with E-state index in [1.54, 1.807) is 0 Å². The van der Waals surface area contributed by atoms with E-state index < -0.39 is 0 Å². The molecule has 2 nitrogen and oxygen atoms in total. The minimum atomic E-state index is 0.327. The first-order chi connectivity index (χ1) is 7.71. The quantitative estimate of drug-likeness (QED) is 0.716. The van der Waals surface area contributed by atoms with Crippen molar-refractivity contribution in [1.82, 2.24) is 9.88 Å². The van der Waals surface area contributed by atoms with Crippen molar-refractivity contribution in [3.8, 4) is 0 Å². The van der Waals surface area contributed by atoms with Crippen molar-refractivity contribution in [3.05, 3.63) is 30.1 Å². The lowest BCUT2D eigenvalue weighted by Crippen LogP contribution is -2.49. The van der Waals surface area contributed by atoms with Gasteiger partial charge in [-0.3, -0.25) is 4.98 Å². The van der Waals surface area contributed by atoms with Gasteiger partial charge in [0.05, 0.1) is 0 Å². The molecule has 0 aromatic carbocycles. The summed E-state index contributed by atoms with van der Waals surface area (Å²) in [5.41, 5.74) is 1.64. The molecule has 1 aromatic heterocycles. The van der Waals surface area contributed by atoms with Gasteiger partial charge >= 0.3 is 0 Å². The molecule has 2 aliphatic rings. The number of fused-ring (bicyclic) bond motifs is 2. The van der Waals surface area contributed by atoms with Crippen molar-refractivity contribution >= 4 is 0 Å². The van der Waals surface area contributed by atoms with Gasteiger partial charge in [0.2, 0.25) is 0 Å². The molecule has 0 N–H and O–H groups in total. The predicted molar refractivity (Wildman–Crippen MR) is 65.3 cm³/mol. The number of hydrogen-bond acceptors (Lipinski definition) is 2. The Morgan fingerprint density at radius 3 is 2.50 bits per heavy atom. The fourth-order valence-electron chi connectivity index (χ4n) is 3.82. The van der Waals surface area contributed by atoms with Crippen LogP contribution < -0.4 is 0 Å². The normalized spacial score (nSPS) is 38.9. The van der Waals surface area contributed by atoms with Crippen molar-refractivity contribution in [2.24, 2.45) is 11.8 Å². The molecule has 2 heteroatoms. The molecule has 0 amide bonds. The van der Waals surface area contributed by atoms with E-state index in [-0.39, 0.29) is 0 Å². The summed E-state index contributed by atoms with van der Waals surface area (Å²) in [4.78, 5) is 7.11. The Kier molecular flexibility index (Phi) is 2.28. The number of rotatable bonds is 1. The molecule has 0 radical (unpaired) electrons. The number of likely N-dealkylation sites (tertiary alicyclic amines) is 1. The molecule has 3 rings (SSSR count). The highest BCUT2D eigenvalue weighted by molar-refractivity contribution is 5.23. The Morgan fingerprint density at radius 2 is 1.94 bits per heavy atom. The summed E-state index contributed by atoms with van der Waals surface area (Å²) in [6.07, 6.45) is 4.70. The van der Waals surface area contributed by atoms with Crippen LogP contribution in [0.25, 0.3) is 0 Å². The summed E-state index contributed by atoms with van der Waals surface area (Å²) < 4.78 is 0. The van der Waals surface area contributed by atoms with Gasteiger partial charge in [0.25, 0.3) is 0 Å². The highest BCUT2D eigenvalue weighted by atomic mass is 15.1. The van der Waals surface area contributed by atoms with Crippen molar-refractivity contribution < 1.29 is 0 Å². The Hall–Kier alpha value is -0.890. The molecule has 2 heterocycles. The molecule has 1 saturated carbocycles. The third kappa shape index (κ3) is 1.32. The van der Waals surface area contributed by atoms with Crippen LogP contribution in [0.15, 0.2) is 24.4 Å². The number of nitrogens with zero attached hydrogens (tertiary/aromatic N) is 2. The zero-order valence-corrected chi connectivity index (χ0v) is 10.2. The summed E-state index contributed by atoms with van der Waals surface area (Å²) >= 11 is 0. The molecule has 1 aliphatic heterocycles. The highest BCUT2D eigenvalue weighted by Crippen LogP contribution is 2.51. The predicted octanol–water partition coefficient (Wildman–Crippen LogP) is 2.31. The van der Waals surface area contributed by atoms with Gasteiger partial charge in [-0.15, -0.1) is 0 Å². The number of pyridine rings is 1. The van der Waals surface area contributed by atoms with Crippen LogP contribution in [0.4, 0.5) is 0 Å². The van der Waals surface area contributed by atoms with Crippen LogP contribution in [-0.4, -0.2) is 30.0 Å². The lowest BCUT2D eigenvalue weighted by molar-refractivity contribution is 0.108. The smallest absolute Gasteiger partial charge is 0.0469 e. The maximum absolute atomic E-state index is 4.62. The second-order valence-electron chi connectivity index (χ2n) is 5.69. The van der Waals surface area contributed by atoms with E-state index >= 15 is 0 Å². The van der Waals surface area contributed by atoms with Crippen molar-refractivity contribution in [2.75, 3.05) is 20.1 Å². The molecule has 2 atom stereocenters. The van der Waals surface area contributed by atoms with Crippen LogP contribution >= 0.6 is 0 Å². The summed E-state index contributed by atoms with van der Waals surface area (Å²) in [6, 6.07) is 6.37. The average Bonchev–Trinajstić information content (AvgIpc) is 2.51. The molecular formula is C14H20N2. The number of aromatic nitrogens is 1. The van der Waals surface area contributed by atoms with E-state index in [0.29, 0.717) is 5.41 Å². The number of piperidine rings is 1. The van der Waals surface area contributed by atoms with Gasteiger partial charge in [0, 0.05) is 30.4 Å². The maximum Gasteiger partial charge on any atom is 0.0469 e. The average molecular weight is 216 g/mol. The van der Waals surface area contributed by atoms with Crippen LogP contribution in [0.1, 0.15) is 25.5 Å². The van der Waals surface area contributed by atoms with E-state index in [2.05, 4.69) is 36.0 Å². The van der Waals surface area contributed by atoms with Gasteiger partial charge in [-0.25, -0.2) is 0 Å². The summed E-state index contributed by atoms with van der Waals surface area (Å²) in [7, 11) is 2.25. The van der Waals surface area contributed by atoms with Gasteiger partial charge in [-0.05, 0) is 43.9 Å². The van der Waals surface area contributed by atoms with Crippen LogP contribution in [-0.2, 0) is 5.41 Å². The topological polar surface area (TPSA) is 16.1 Å². The Balaban J connectivity index is 2.00. The van der Waals surface area contributed by atoms with Crippen LogP contribution in [0.3, 0.4) is 0 Å². The second-order valence-corrected chi connectivity index (χ2v) is 5.69. The van der Waals surface area contributed by atoms with Gasteiger partial charge in [0.15, 0.2) is 0 Å². The van der Waals surface area contributed by atoms with Gasteiger partial charge in [-0.2, -0.15) is 0 Å². The lowest BCUT2D eigenvalue weighted by Gasteiger charge is -2.44. The molecule has 2 fully saturated rings. The SMILES string of the molecule is CN1CC2CCC(C1)C2(C)c1ccccn1. The molecule has 1 aliphatic carbocycles. The molecule has 2 unspecified atom stereocenters. The highest BCUT2D eigenvalue weighted by Gasteiger charge is 2.51. The van der Waals surface area contributed by atoms with Crippen LogP contribution in [0.2, 0.25) is 0 Å². The molecule has 1 aromatic rings. The fraction of sp³-hybridized carbons (Fsp3) is 0.643. The number of hydrogen-bond donors (Lipinski definition) is 0. The molecule has 86 valence electrons. The summed E-state index contributed by atoms with van der Waals surface area (Å²) in [5, 5.41) is 0. The van der Waals surface area contributed by atoms with E-state index in [9.17, 15) is 0 Å². The van der Waals surface area contributed by atoms with E-state index in [1.165, 1.54) is 31.6 Å². The Bertz CT molecular complexity index is 360. The molecule has 1 saturated heterocycles. The Labute approximate surface area is 97.7 Å². The summed E-state index contributed by atoms with van der Waals surface area (Å²) in [6.45, 7) is 4.91. The standard InChI is InChI=1S/C14H20N2/c1-14(13-5-3-4-8-15-13)11-6-7-12(14)10-16(2)9-11/h3-5,8,11-12H,6-7,9-10H2,1-2H3. The van der Waals surface area contributed by atoms with Gasteiger partial charge in [-0.1, -0.05) is 13.0 Å². The molecule has 16 heavy (non-hydrogen) atoms. The van der Waals surface area contributed by atoms with Crippen LogP contribution in [0.5, 0.6) is 0 Å². The first kappa shape index (κ1) is 10.3. The van der Waals surface area contributed by atoms with Crippen LogP contribution in [0, 0.1) is 11.8 Å². The first-order valence-corrected chi connectivity index (χ1v) is 6.31. The van der Waals surface area contributed by atoms with Crippen molar-refractivity contribution in [2.45, 2.75) is 25.2 Å². The minimum absolute atomic E-state index is 0.327. The van der Waals surface area contributed by atoms with E-state index in [0.717, 1.165) is 11.8 Å². The fourth-order valence-corrected chi connectivity index (χ4v) is 3.82. The third-order valence-corrected chi connectivity index (χ3v) is 4.84. The second kappa shape index (κ2) is 3.56. The Morgan fingerprint density at radius 1 is 1.25 bits per heavy atom. The van der Waals surface area contributed by atoms with Gasteiger partial charge < -0.3 is 4.90 Å². The van der Waals surface area contributed by atoms with Crippen molar-refractivity contribution in [1.29, 1.82) is 0 Å². The zero-order chi connectivity index (χ0) is 11.2. The largest absolute Gasteiger partial charge is 0.306 e.